The van der Waals surface area contributed by atoms with E-state index < -0.39 is 15.9 Å². The van der Waals surface area contributed by atoms with Gasteiger partial charge in [-0.1, -0.05) is 29.3 Å². The van der Waals surface area contributed by atoms with E-state index in [-0.39, 0.29) is 23.7 Å². The van der Waals surface area contributed by atoms with Crippen molar-refractivity contribution < 1.29 is 22.7 Å². The van der Waals surface area contributed by atoms with E-state index in [2.05, 4.69) is 5.32 Å². The zero-order chi connectivity index (χ0) is 20.9. The quantitative estimate of drug-likeness (QED) is 0.673. The summed E-state index contributed by atoms with van der Waals surface area (Å²) < 4.78 is 36.6. The second-order valence-electron chi connectivity index (χ2n) is 5.79. The van der Waals surface area contributed by atoms with E-state index in [1.807, 2.05) is 0 Å². The third-order valence-electron chi connectivity index (χ3n) is 3.92. The normalized spacial score (nSPS) is 11.4. The third kappa shape index (κ3) is 5.29. The molecule has 1 amide bonds. The minimum Gasteiger partial charge on any atom is -0.493 e. The third-order valence-corrected chi connectivity index (χ3v) is 6.31. The summed E-state index contributed by atoms with van der Waals surface area (Å²) in [6, 6.07) is 9.13. The number of halogens is 2. The van der Waals surface area contributed by atoms with Crippen molar-refractivity contribution in [3.63, 3.8) is 0 Å². The number of carbonyl (C=O) groups is 1. The Morgan fingerprint density at radius 3 is 2.36 bits per heavy atom. The largest absolute Gasteiger partial charge is 0.493 e. The number of sulfonamides is 1. The van der Waals surface area contributed by atoms with Crippen molar-refractivity contribution in [3.05, 3.63) is 52.0 Å². The Morgan fingerprint density at radius 2 is 1.75 bits per heavy atom. The van der Waals surface area contributed by atoms with Crippen molar-refractivity contribution in [1.29, 1.82) is 0 Å². The summed E-state index contributed by atoms with van der Waals surface area (Å²) in [6.07, 6.45) is 0. The van der Waals surface area contributed by atoms with Gasteiger partial charge in [-0.25, -0.2) is 8.42 Å². The molecule has 0 aliphatic heterocycles. The van der Waals surface area contributed by atoms with Gasteiger partial charge in [0, 0.05) is 29.7 Å². The average molecular weight is 447 g/mol. The van der Waals surface area contributed by atoms with Gasteiger partial charge in [0.1, 0.15) is 0 Å². The molecule has 7 nitrogen and oxygen atoms in total. The molecule has 0 heterocycles. The van der Waals surface area contributed by atoms with E-state index in [0.717, 1.165) is 4.31 Å². The number of nitrogens with one attached hydrogen (secondary N) is 1. The average Bonchev–Trinajstić information content (AvgIpc) is 2.66. The lowest BCUT2D eigenvalue weighted by atomic mass is 10.2. The zero-order valence-corrected chi connectivity index (χ0v) is 17.9. The summed E-state index contributed by atoms with van der Waals surface area (Å²) in [7, 11) is 0.289. The van der Waals surface area contributed by atoms with E-state index in [4.69, 9.17) is 32.7 Å². The van der Waals surface area contributed by atoms with Crippen LogP contribution in [0, 0.1) is 0 Å². The van der Waals surface area contributed by atoms with Gasteiger partial charge in [-0.05, 0) is 29.8 Å². The second kappa shape index (κ2) is 9.47. The zero-order valence-electron chi connectivity index (χ0n) is 15.5. The molecule has 10 heteroatoms. The van der Waals surface area contributed by atoms with E-state index >= 15 is 0 Å². The Bertz CT molecular complexity index is 966. The first-order valence-corrected chi connectivity index (χ1v) is 10.3. The van der Waals surface area contributed by atoms with Gasteiger partial charge in [0.05, 0.1) is 25.7 Å². The highest BCUT2D eigenvalue weighted by Gasteiger charge is 2.24. The number of amides is 1. The van der Waals surface area contributed by atoms with Gasteiger partial charge < -0.3 is 14.8 Å². The van der Waals surface area contributed by atoms with Gasteiger partial charge in [0.2, 0.25) is 15.9 Å². The van der Waals surface area contributed by atoms with Crippen LogP contribution in [-0.2, 0) is 21.4 Å². The number of rotatable bonds is 8. The fourth-order valence-corrected chi connectivity index (χ4v) is 3.98. The maximum absolute atomic E-state index is 12.7. The number of likely N-dealkylation sites (N-methyl/N-ethyl adjacent to an activating group) is 1. The topological polar surface area (TPSA) is 84.9 Å². The summed E-state index contributed by atoms with van der Waals surface area (Å²) in [4.78, 5) is 12.2. The molecule has 2 rings (SSSR count). The summed E-state index contributed by atoms with van der Waals surface area (Å²) >= 11 is 11.9. The molecule has 2 aromatic rings. The molecule has 28 heavy (non-hydrogen) atoms. The van der Waals surface area contributed by atoms with Crippen LogP contribution in [0.2, 0.25) is 10.0 Å². The maximum atomic E-state index is 12.7. The van der Waals surface area contributed by atoms with E-state index in [1.54, 1.807) is 18.2 Å². The molecule has 0 fully saturated rings. The number of hydrogen-bond acceptors (Lipinski definition) is 5. The number of nitrogens with zero attached hydrogens (tertiary/aromatic N) is 1. The van der Waals surface area contributed by atoms with Crippen LogP contribution in [0.3, 0.4) is 0 Å². The van der Waals surface area contributed by atoms with Crippen molar-refractivity contribution in [2.45, 2.75) is 11.4 Å². The number of carbonyl (C=O) groups excluding carboxylic acids is 1. The summed E-state index contributed by atoms with van der Waals surface area (Å²) in [5.41, 5.74) is 0.671. The number of benzene rings is 2. The number of methoxy groups -OCH3 is 2. The first-order chi connectivity index (χ1) is 13.2. The highest BCUT2D eigenvalue weighted by Crippen LogP contribution is 2.30. The molecule has 0 radical (unpaired) electrons. The van der Waals surface area contributed by atoms with Crippen LogP contribution in [0.5, 0.6) is 11.5 Å². The molecule has 2 aromatic carbocycles. The Hall–Kier alpha value is -2.00. The minimum atomic E-state index is -3.89. The summed E-state index contributed by atoms with van der Waals surface area (Å²) in [6.45, 7) is -0.207. The number of ether oxygens (including phenoxy) is 2. The first kappa shape index (κ1) is 22.3. The monoisotopic (exact) mass is 446 g/mol. The summed E-state index contributed by atoms with van der Waals surface area (Å²) in [5, 5.41) is 3.54. The van der Waals surface area contributed by atoms with Gasteiger partial charge >= 0.3 is 0 Å². The molecule has 0 saturated carbocycles. The lowest BCUT2D eigenvalue weighted by Crippen LogP contribution is -2.38. The first-order valence-electron chi connectivity index (χ1n) is 8.08. The van der Waals surface area contributed by atoms with Gasteiger partial charge in [-0.3, -0.25) is 4.79 Å². The molecule has 0 spiro atoms. The van der Waals surface area contributed by atoms with Gasteiger partial charge in [-0.2, -0.15) is 4.31 Å². The molecule has 0 aromatic heterocycles. The van der Waals surface area contributed by atoms with Gasteiger partial charge in [0.25, 0.3) is 0 Å². The highest BCUT2D eigenvalue weighted by atomic mass is 35.5. The minimum absolute atomic E-state index is 0.0128. The fourth-order valence-electron chi connectivity index (χ4n) is 2.36. The SMILES string of the molecule is COc1ccc(S(=O)(=O)N(C)CC(=O)NCc2ccc(Cl)cc2Cl)cc1OC. The van der Waals surface area contributed by atoms with Gasteiger partial charge in [0.15, 0.2) is 11.5 Å². The highest BCUT2D eigenvalue weighted by molar-refractivity contribution is 7.89. The van der Waals surface area contributed by atoms with Crippen molar-refractivity contribution in [2.75, 3.05) is 27.8 Å². The van der Waals surface area contributed by atoms with Crippen molar-refractivity contribution in [2.24, 2.45) is 0 Å². The van der Waals surface area contributed by atoms with E-state index in [1.165, 1.54) is 39.5 Å². The van der Waals surface area contributed by atoms with Crippen molar-refractivity contribution in [1.82, 2.24) is 9.62 Å². The van der Waals surface area contributed by atoms with Crippen molar-refractivity contribution in [3.8, 4) is 11.5 Å². The predicted molar refractivity (Wildman–Crippen MR) is 108 cm³/mol. The molecule has 0 aliphatic carbocycles. The molecule has 152 valence electrons. The molecule has 0 atom stereocenters. The maximum Gasteiger partial charge on any atom is 0.243 e. The fraction of sp³-hybridized carbons (Fsp3) is 0.278. The standard InChI is InChI=1S/C18H20Cl2N2O5S/c1-22(11-18(23)21-10-12-4-5-13(19)8-15(12)20)28(24,25)14-6-7-16(26-2)17(9-14)27-3/h4-9H,10-11H2,1-3H3,(H,21,23). The van der Waals surface area contributed by atoms with Crippen LogP contribution >= 0.6 is 23.2 Å². The lowest BCUT2D eigenvalue weighted by Gasteiger charge is -2.18. The predicted octanol–water partition coefficient (Wildman–Crippen LogP) is 2.95. The number of hydrogen-bond donors (Lipinski definition) is 1. The Labute approximate surface area is 174 Å². The Morgan fingerprint density at radius 1 is 1.07 bits per heavy atom. The van der Waals surface area contributed by atoms with Crippen LogP contribution in [0.1, 0.15) is 5.56 Å². The Balaban J connectivity index is 2.06. The Kier molecular flexibility index (Phi) is 7.54. The summed E-state index contributed by atoms with van der Waals surface area (Å²) in [5.74, 6) is 0.207. The van der Waals surface area contributed by atoms with Crippen LogP contribution < -0.4 is 14.8 Å². The van der Waals surface area contributed by atoms with Crippen LogP contribution in [0.4, 0.5) is 0 Å². The van der Waals surface area contributed by atoms with Crippen LogP contribution in [0.15, 0.2) is 41.3 Å². The second-order valence-corrected chi connectivity index (χ2v) is 8.68. The molecule has 0 saturated heterocycles. The lowest BCUT2D eigenvalue weighted by molar-refractivity contribution is -0.121. The van der Waals surface area contributed by atoms with E-state index in [0.29, 0.717) is 21.4 Å². The van der Waals surface area contributed by atoms with Crippen molar-refractivity contribution >= 4 is 39.1 Å². The van der Waals surface area contributed by atoms with Crippen LogP contribution in [-0.4, -0.2) is 46.4 Å². The van der Waals surface area contributed by atoms with Crippen LogP contribution in [0.25, 0.3) is 0 Å². The molecule has 0 aliphatic rings. The van der Waals surface area contributed by atoms with Gasteiger partial charge in [-0.15, -0.1) is 0 Å². The molecule has 1 N–H and O–H groups in total. The molecular formula is C18H20Cl2N2O5S. The smallest absolute Gasteiger partial charge is 0.243 e. The molecule has 0 unspecified atom stereocenters. The van der Waals surface area contributed by atoms with E-state index in [9.17, 15) is 13.2 Å². The molecule has 0 bridgehead atoms. The molecular weight excluding hydrogens is 427 g/mol.